The molecule has 1 aromatic rings. The summed E-state index contributed by atoms with van der Waals surface area (Å²) in [5.74, 6) is -2.70. The number of benzene rings is 1. The van der Waals surface area contributed by atoms with Gasteiger partial charge >= 0.3 is 11.9 Å². The first kappa shape index (κ1) is 22.2. The predicted octanol–water partition coefficient (Wildman–Crippen LogP) is 2.66. The molecule has 0 aliphatic heterocycles. The molecule has 9 heteroatoms. The van der Waals surface area contributed by atoms with Crippen molar-refractivity contribution in [3.05, 3.63) is 33.8 Å². The van der Waals surface area contributed by atoms with E-state index in [-0.39, 0.29) is 29.5 Å². The fourth-order valence-electron chi connectivity index (χ4n) is 2.33. The highest BCUT2D eigenvalue weighted by atomic mass is 35.5. The molecule has 0 aliphatic carbocycles. The Bertz CT molecular complexity index is 667. The van der Waals surface area contributed by atoms with Gasteiger partial charge in [0.2, 0.25) is 0 Å². The van der Waals surface area contributed by atoms with E-state index in [1.807, 2.05) is 13.8 Å². The van der Waals surface area contributed by atoms with Crippen molar-refractivity contribution in [2.45, 2.75) is 38.8 Å². The topological polar surface area (TPSA) is 116 Å². The van der Waals surface area contributed by atoms with Gasteiger partial charge in [-0.25, -0.2) is 0 Å². The van der Waals surface area contributed by atoms with E-state index < -0.39 is 29.9 Å². The molecule has 1 amide bonds. The highest BCUT2D eigenvalue weighted by Crippen LogP contribution is 2.20. The van der Waals surface area contributed by atoms with E-state index in [1.54, 1.807) is 6.07 Å². The highest BCUT2D eigenvalue weighted by Gasteiger charge is 2.26. The fourth-order valence-corrected chi connectivity index (χ4v) is 2.70. The van der Waals surface area contributed by atoms with Crippen LogP contribution in [0.3, 0.4) is 0 Å². The summed E-state index contributed by atoms with van der Waals surface area (Å²) >= 11 is 11.8. The minimum Gasteiger partial charge on any atom is -0.480 e. The molecule has 4 N–H and O–H groups in total. The van der Waals surface area contributed by atoms with Crippen LogP contribution in [0.15, 0.2) is 18.2 Å². The molecular formula is C17H22Cl2N2O5. The molecule has 0 radical (unpaired) electrons. The first-order valence-corrected chi connectivity index (χ1v) is 8.82. The normalized spacial score (nSPS) is 13.3. The van der Waals surface area contributed by atoms with Gasteiger partial charge in [-0.15, -0.1) is 0 Å². The molecule has 0 bridgehead atoms. The zero-order valence-corrected chi connectivity index (χ0v) is 16.0. The van der Waals surface area contributed by atoms with E-state index in [1.165, 1.54) is 12.1 Å². The first-order chi connectivity index (χ1) is 12.1. The Labute approximate surface area is 161 Å². The van der Waals surface area contributed by atoms with Gasteiger partial charge in [0.15, 0.2) is 0 Å². The van der Waals surface area contributed by atoms with Crippen LogP contribution in [0.1, 0.15) is 37.0 Å². The average molecular weight is 405 g/mol. The van der Waals surface area contributed by atoms with Crippen LogP contribution in [0.25, 0.3) is 0 Å². The van der Waals surface area contributed by atoms with Crippen molar-refractivity contribution in [2.24, 2.45) is 5.92 Å². The maximum absolute atomic E-state index is 12.1. The number of carbonyl (C=O) groups excluding carboxylic acids is 1. The molecule has 2 atom stereocenters. The van der Waals surface area contributed by atoms with Crippen LogP contribution in [0.4, 0.5) is 0 Å². The summed E-state index contributed by atoms with van der Waals surface area (Å²) in [5.41, 5.74) is 0.183. The van der Waals surface area contributed by atoms with E-state index in [4.69, 9.17) is 23.2 Å². The number of carbonyl (C=O) groups is 3. The van der Waals surface area contributed by atoms with Gasteiger partial charge < -0.3 is 15.5 Å². The van der Waals surface area contributed by atoms with Gasteiger partial charge in [-0.05, 0) is 37.0 Å². The number of rotatable bonds is 10. The number of aliphatic carboxylic acids is 2. The summed E-state index contributed by atoms with van der Waals surface area (Å²) in [6.07, 6.45) is 0.310. The van der Waals surface area contributed by atoms with Gasteiger partial charge in [-0.3, -0.25) is 19.7 Å². The Hall–Kier alpha value is -1.83. The Morgan fingerprint density at radius 2 is 1.69 bits per heavy atom. The molecule has 0 saturated carbocycles. The van der Waals surface area contributed by atoms with Crippen LogP contribution in [-0.4, -0.2) is 46.7 Å². The third kappa shape index (κ3) is 7.19. The summed E-state index contributed by atoms with van der Waals surface area (Å²) in [6.45, 7) is 3.73. The lowest BCUT2D eigenvalue weighted by atomic mass is 10.0. The number of halogens is 2. The van der Waals surface area contributed by atoms with Gasteiger partial charge in [0.05, 0.1) is 10.6 Å². The van der Waals surface area contributed by atoms with Crippen LogP contribution >= 0.6 is 23.2 Å². The quantitative estimate of drug-likeness (QED) is 0.476. The van der Waals surface area contributed by atoms with Gasteiger partial charge in [-0.2, -0.15) is 0 Å². The maximum atomic E-state index is 12.1. The van der Waals surface area contributed by atoms with E-state index in [0.29, 0.717) is 11.4 Å². The lowest BCUT2D eigenvalue weighted by Gasteiger charge is -2.21. The summed E-state index contributed by atoms with van der Waals surface area (Å²) in [7, 11) is 0. The number of carboxylic acid groups (broad SMARTS) is 2. The van der Waals surface area contributed by atoms with Crippen molar-refractivity contribution in [3.63, 3.8) is 0 Å². The van der Waals surface area contributed by atoms with E-state index in [9.17, 15) is 24.6 Å². The van der Waals surface area contributed by atoms with Crippen LogP contribution < -0.4 is 10.6 Å². The lowest BCUT2D eigenvalue weighted by molar-refractivity contribution is -0.143. The van der Waals surface area contributed by atoms with Gasteiger partial charge in [0.1, 0.15) is 12.1 Å². The molecule has 0 unspecified atom stereocenters. The Morgan fingerprint density at radius 3 is 2.23 bits per heavy atom. The van der Waals surface area contributed by atoms with Crippen molar-refractivity contribution < 1.29 is 24.6 Å². The fraction of sp³-hybridized carbons (Fsp3) is 0.471. The van der Waals surface area contributed by atoms with Crippen molar-refractivity contribution in [1.29, 1.82) is 0 Å². The number of hydrogen-bond donors (Lipinski definition) is 4. The highest BCUT2D eigenvalue weighted by molar-refractivity contribution is 6.35. The van der Waals surface area contributed by atoms with E-state index in [2.05, 4.69) is 10.6 Å². The number of hydrogen-bond acceptors (Lipinski definition) is 4. The molecule has 1 aromatic carbocycles. The second-order valence-corrected chi connectivity index (χ2v) is 7.09. The third-order valence-electron chi connectivity index (χ3n) is 3.60. The van der Waals surface area contributed by atoms with Gasteiger partial charge in [0, 0.05) is 11.6 Å². The summed E-state index contributed by atoms with van der Waals surface area (Å²) in [5, 5.41) is 24.3. The molecule has 1 rings (SSSR count). The average Bonchev–Trinajstić information content (AvgIpc) is 2.54. The summed E-state index contributed by atoms with van der Waals surface area (Å²) in [6, 6.07) is 2.37. The minimum absolute atomic E-state index is 0.0150. The molecular weight excluding hydrogens is 383 g/mol. The number of carboxylic acids is 2. The van der Waals surface area contributed by atoms with Crippen molar-refractivity contribution in [1.82, 2.24) is 10.6 Å². The molecule has 0 aromatic heterocycles. The Morgan fingerprint density at radius 1 is 1.08 bits per heavy atom. The molecule has 0 saturated heterocycles. The van der Waals surface area contributed by atoms with Gasteiger partial charge in [0.25, 0.3) is 5.91 Å². The largest absolute Gasteiger partial charge is 0.480 e. The molecule has 0 heterocycles. The molecule has 0 fully saturated rings. The monoisotopic (exact) mass is 404 g/mol. The van der Waals surface area contributed by atoms with Crippen molar-refractivity contribution in [3.8, 4) is 0 Å². The van der Waals surface area contributed by atoms with Crippen LogP contribution in [-0.2, 0) is 9.59 Å². The van der Waals surface area contributed by atoms with Crippen LogP contribution in [0.5, 0.6) is 0 Å². The second kappa shape index (κ2) is 10.4. The van der Waals surface area contributed by atoms with Crippen LogP contribution in [0, 0.1) is 5.92 Å². The van der Waals surface area contributed by atoms with E-state index in [0.717, 1.165) is 0 Å². The molecule has 144 valence electrons. The predicted molar refractivity (Wildman–Crippen MR) is 98.9 cm³/mol. The minimum atomic E-state index is -1.19. The zero-order valence-electron chi connectivity index (χ0n) is 14.5. The van der Waals surface area contributed by atoms with E-state index >= 15 is 0 Å². The Balaban J connectivity index is 2.65. The zero-order chi connectivity index (χ0) is 19.9. The Kier molecular flexibility index (Phi) is 8.84. The second-order valence-electron chi connectivity index (χ2n) is 6.25. The SMILES string of the molecule is CC(C)C[C@H](N[C@@H](CCNC(=O)c1cc(Cl)ccc1Cl)C(=O)O)C(=O)O. The maximum Gasteiger partial charge on any atom is 0.320 e. The smallest absolute Gasteiger partial charge is 0.320 e. The van der Waals surface area contributed by atoms with Crippen molar-refractivity contribution in [2.75, 3.05) is 6.54 Å². The summed E-state index contributed by atoms with van der Waals surface area (Å²) in [4.78, 5) is 34.8. The number of nitrogens with one attached hydrogen (secondary N) is 2. The first-order valence-electron chi connectivity index (χ1n) is 8.06. The lowest BCUT2D eigenvalue weighted by Crippen LogP contribution is -2.49. The standard InChI is InChI=1S/C17H22Cl2N2O5/c1-9(2)7-14(17(25)26)21-13(16(23)24)5-6-20-15(22)11-8-10(18)3-4-12(11)19/h3-4,8-9,13-14,21H,5-7H2,1-2H3,(H,20,22)(H,23,24)(H,25,26)/t13-,14-/m0/s1. The molecule has 7 nitrogen and oxygen atoms in total. The molecule has 26 heavy (non-hydrogen) atoms. The van der Waals surface area contributed by atoms with Crippen molar-refractivity contribution >= 4 is 41.0 Å². The molecule has 0 aliphatic rings. The third-order valence-corrected chi connectivity index (χ3v) is 4.16. The number of amides is 1. The van der Waals surface area contributed by atoms with Crippen LogP contribution in [0.2, 0.25) is 10.0 Å². The molecule has 0 spiro atoms. The summed E-state index contributed by atoms with van der Waals surface area (Å²) < 4.78 is 0. The van der Waals surface area contributed by atoms with Gasteiger partial charge in [-0.1, -0.05) is 37.0 Å².